The lowest BCUT2D eigenvalue weighted by Crippen LogP contribution is -2.12. The van der Waals surface area contributed by atoms with E-state index >= 15 is 0 Å². The van der Waals surface area contributed by atoms with Crippen LogP contribution in [0.2, 0.25) is 0 Å². The molecule has 1 aliphatic rings. The fourth-order valence-electron chi connectivity index (χ4n) is 1.35. The molecule has 0 amide bonds. The third-order valence-corrected chi connectivity index (χ3v) is 1.89. The van der Waals surface area contributed by atoms with Crippen LogP contribution in [0.15, 0.2) is 5.16 Å². The van der Waals surface area contributed by atoms with Gasteiger partial charge in [0.1, 0.15) is 0 Å². The first-order valence-corrected chi connectivity index (χ1v) is 3.52. The van der Waals surface area contributed by atoms with Crippen molar-refractivity contribution in [3.8, 4) is 0 Å². The predicted molar refractivity (Wildman–Crippen MR) is 36.9 cm³/mol. The molecule has 2 heteroatoms. The molecule has 1 saturated carbocycles. The highest BCUT2D eigenvalue weighted by Crippen LogP contribution is 2.20. The van der Waals surface area contributed by atoms with Crippen molar-refractivity contribution in [3.63, 3.8) is 0 Å². The lowest BCUT2D eigenvalue weighted by atomic mass is 9.89. The first-order valence-electron chi connectivity index (χ1n) is 3.52. The summed E-state index contributed by atoms with van der Waals surface area (Å²) in [5, 5.41) is 11.6. The van der Waals surface area contributed by atoms with Crippen LogP contribution >= 0.6 is 0 Å². The Labute approximate surface area is 55.6 Å². The van der Waals surface area contributed by atoms with Gasteiger partial charge in [0, 0.05) is 0 Å². The number of hydrogen-bond acceptors (Lipinski definition) is 2. The number of oxime groups is 1. The topological polar surface area (TPSA) is 32.6 Å². The maximum atomic E-state index is 8.40. The van der Waals surface area contributed by atoms with Crippen LogP contribution in [-0.2, 0) is 0 Å². The highest BCUT2D eigenvalue weighted by atomic mass is 16.4. The molecule has 0 saturated heterocycles. The van der Waals surface area contributed by atoms with Gasteiger partial charge in [0.25, 0.3) is 0 Å². The fraction of sp³-hybridized carbons (Fsp3) is 0.857. The molecule has 1 aliphatic carbocycles. The van der Waals surface area contributed by atoms with Gasteiger partial charge in [0.2, 0.25) is 0 Å². The molecule has 1 rings (SSSR count). The lowest BCUT2D eigenvalue weighted by Gasteiger charge is -2.17. The maximum absolute atomic E-state index is 8.40. The molecular formula is C7H13NO. The SMILES string of the molecule is C[C@@H]1CCC/C(=N/O)C1. The van der Waals surface area contributed by atoms with Gasteiger partial charge in [-0.1, -0.05) is 12.1 Å². The van der Waals surface area contributed by atoms with Crippen molar-refractivity contribution in [1.29, 1.82) is 0 Å². The van der Waals surface area contributed by atoms with Crippen LogP contribution in [0.1, 0.15) is 32.6 Å². The largest absolute Gasteiger partial charge is 0.411 e. The van der Waals surface area contributed by atoms with E-state index in [0.29, 0.717) is 0 Å². The summed E-state index contributed by atoms with van der Waals surface area (Å²) in [6, 6.07) is 0. The molecule has 0 radical (unpaired) electrons. The summed E-state index contributed by atoms with van der Waals surface area (Å²) in [5.41, 5.74) is 0.980. The summed E-state index contributed by atoms with van der Waals surface area (Å²) in [6.45, 7) is 2.20. The van der Waals surface area contributed by atoms with Crippen LogP contribution in [0, 0.1) is 5.92 Å². The summed E-state index contributed by atoms with van der Waals surface area (Å²) in [7, 11) is 0. The molecular weight excluding hydrogens is 114 g/mol. The Hall–Kier alpha value is -0.530. The van der Waals surface area contributed by atoms with Gasteiger partial charge < -0.3 is 5.21 Å². The van der Waals surface area contributed by atoms with Crippen LogP contribution in [-0.4, -0.2) is 10.9 Å². The Kier molecular flexibility index (Phi) is 2.09. The zero-order valence-corrected chi connectivity index (χ0v) is 5.80. The second kappa shape index (κ2) is 2.85. The van der Waals surface area contributed by atoms with E-state index in [4.69, 9.17) is 5.21 Å². The molecule has 1 atom stereocenters. The number of rotatable bonds is 0. The standard InChI is InChI=1S/C7H13NO/c1-6-3-2-4-7(5-6)8-9/h6,9H,2-5H2,1H3/b8-7-/t6-/m1/s1. The van der Waals surface area contributed by atoms with Crippen molar-refractivity contribution in [1.82, 2.24) is 0 Å². The molecule has 0 spiro atoms. The Morgan fingerprint density at radius 2 is 2.44 bits per heavy atom. The van der Waals surface area contributed by atoms with E-state index in [9.17, 15) is 0 Å². The number of hydrogen-bond donors (Lipinski definition) is 1. The van der Waals surface area contributed by atoms with E-state index in [-0.39, 0.29) is 0 Å². The molecule has 0 heterocycles. The van der Waals surface area contributed by atoms with E-state index in [2.05, 4.69) is 12.1 Å². The van der Waals surface area contributed by atoms with E-state index < -0.39 is 0 Å². The maximum Gasteiger partial charge on any atom is 0.0573 e. The van der Waals surface area contributed by atoms with Crippen molar-refractivity contribution in [2.75, 3.05) is 0 Å². The first kappa shape index (κ1) is 6.59. The Morgan fingerprint density at radius 1 is 1.67 bits per heavy atom. The monoisotopic (exact) mass is 127 g/mol. The minimum absolute atomic E-state index is 0.727. The fourth-order valence-corrected chi connectivity index (χ4v) is 1.35. The van der Waals surface area contributed by atoms with Crippen molar-refractivity contribution in [2.45, 2.75) is 32.6 Å². The zero-order valence-electron chi connectivity index (χ0n) is 5.80. The molecule has 9 heavy (non-hydrogen) atoms. The van der Waals surface area contributed by atoms with Gasteiger partial charge in [0.05, 0.1) is 5.71 Å². The average molecular weight is 127 g/mol. The molecule has 0 bridgehead atoms. The van der Waals surface area contributed by atoms with Gasteiger partial charge >= 0.3 is 0 Å². The quantitative estimate of drug-likeness (QED) is 0.392. The van der Waals surface area contributed by atoms with Crippen LogP contribution < -0.4 is 0 Å². The zero-order chi connectivity index (χ0) is 6.69. The summed E-state index contributed by atoms with van der Waals surface area (Å²) >= 11 is 0. The van der Waals surface area contributed by atoms with Gasteiger partial charge in [-0.05, 0) is 31.6 Å². The minimum Gasteiger partial charge on any atom is -0.411 e. The Balaban J connectivity index is 2.41. The summed E-state index contributed by atoms with van der Waals surface area (Å²) < 4.78 is 0. The van der Waals surface area contributed by atoms with E-state index in [1.54, 1.807) is 0 Å². The van der Waals surface area contributed by atoms with Crippen LogP contribution in [0.5, 0.6) is 0 Å². The van der Waals surface area contributed by atoms with E-state index in [1.165, 1.54) is 12.8 Å². The van der Waals surface area contributed by atoms with Crippen LogP contribution in [0.3, 0.4) is 0 Å². The van der Waals surface area contributed by atoms with Crippen molar-refractivity contribution < 1.29 is 5.21 Å². The normalized spacial score (nSPS) is 33.0. The van der Waals surface area contributed by atoms with Crippen LogP contribution in [0.4, 0.5) is 0 Å². The lowest BCUT2D eigenvalue weighted by molar-refractivity contribution is 0.311. The minimum atomic E-state index is 0.727. The third-order valence-electron chi connectivity index (χ3n) is 1.89. The Morgan fingerprint density at radius 3 is 2.89 bits per heavy atom. The second-order valence-electron chi connectivity index (χ2n) is 2.87. The second-order valence-corrected chi connectivity index (χ2v) is 2.87. The molecule has 2 nitrogen and oxygen atoms in total. The van der Waals surface area contributed by atoms with Gasteiger partial charge in [-0.3, -0.25) is 0 Å². The summed E-state index contributed by atoms with van der Waals surface area (Å²) in [4.78, 5) is 0. The van der Waals surface area contributed by atoms with Crippen molar-refractivity contribution in [3.05, 3.63) is 0 Å². The highest BCUT2D eigenvalue weighted by Gasteiger charge is 2.13. The van der Waals surface area contributed by atoms with Crippen molar-refractivity contribution in [2.24, 2.45) is 11.1 Å². The van der Waals surface area contributed by atoms with Gasteiger partial charge in [-0.2, -0.15) is 0 Å². The summed E-state index contributed by atoms with van der Waals surface area (Å²) in [6.07, 6.45) is 4.48. The molecule has 0 aromatic heterocycles. The predicted octanol–water partition coefficient (Wildman–Crippen LogP) is 2.03. The van der Waals surface area contributed by atoms with E-state index in [0.717, 1.165) is 24.5 Å². The molecule has 1 fully saturated rings. The number of nitrogens with zero attached hydrogens (tertiary/aromatic N) is 1. The summed E-state index contributed by atoms with van der Waals surface area (Å²) in [5.74, 6) is 0.727. The molecule has 52 valence electrons. The van der Waals surface area contributed by atoms with Crippen LogP contribution in [0.25, 0.3) is 0 Å². The first-order chi connectivity index (χ1) is 4.33. The molecule has 0 aliphatic heterocycles. The molecule has 1 N–H and O–H groups in total. The van der Waals surface area contributed by atoms with Gasteiger partial charge in [0.15, 0.2) is 0 Å². The average Bonchev–Trinajstić information content (AvgIpc) is 1.88. The third kappa shape index (κ3) is 1.70. The van der Waals surface area contributed by atoms with Crippen molar-refractivity contribution >= 4 is 5.71 Å². The molecule has 0 aromatic carbocycles. The van der Waals surface area contributed by atoms with E-state index in [1.807, 2.05) is 0 Å². The smallest absolute Gasteiger partial charge is 0.0573 e. The highest BCUT2D eigenvalue weighted by molar-refractivity contribution is 5.84. The molecule has 0 unspecified atom stereocenters. The van der Waals surface area contributed by atoms with Gasteiger partial charge in [-0.15, -0.1) is 0 Å². The molecule has 0 aromatic rings. The van der Waals surface area contributed by atoms with Gasteiger partial charge in [-0.25, -0.2) is 0 Å². The Bertz CT molecular complexity index is 120.